The third-order valence-electron chi connectivity index (χ3n) is 2.57. The zero-order chi connectivity index (χ0) is 15.0. The zero-order valence-electron chi connectivity index (χ0n) is 11.4. The van der Waals surface area contributed by atoms with Crippen molar-refractivity contribution in [1.29, 1.82) is 0 Å². The fourth-order valence-electron chi connectivity index (χ4n) is 1.55. The van der Waals surface area contributed by atoms with Crippen LogP contribution in [-0.4, -0.2) is 44.0 Å². The number of carbonyl (C=O) groups is 2. The van der Waals surface area contributed by atoms with Gasteiger partial charge in [-0.2, -0.15) is 0 Å². The van der Waals surface area contributed by atoms with Crippen LogP contribution in [0.3, 0.4) is 0 Å². The molecule has 2 amide bonds. The first-order valence-corrected chi connectivity index (χ1v) is 5.95. The van der Waals surface area contributed by atoms with Crippen molar-refractivity contribution < 1.29 is 24.2 Å². The number of aliphatic carboxylic acids is 1. The molecule has 0 heterocycles. The van der Waals surface area contributed by atoms with E-state index in [1.54, 1.807) is 19.2 Å². The Morgan fingerprint density at radius 2 is 2.00 bits per heavy atom. The minimum Gasteiger partial charge on any atom is -0.479 e. The molecule has 20 heavy (non-hydrogen) atoms. The van der Waals surface area contributed by atoms with E-state index in [4.69, 9.17) is 14.6 Å². The summed E-state index contributed by atoms with van der Waals surface area (Å²) in [5.74, 6) is -1.13. The number of benzene rings is 1. The summed E-state index contributed by atoms with van der Waals surface area (Å²) < 4.78 is 9.74. The molecule has 3 N–H and O–H groups in total. The number of ether oxygens (including phenoxy) is 2. The number of rotatable bonds is 7. The predicted octanol–water partition coefficient (Wildman–Crippen LogP) is 1.05. The van der Waals surface area contributed by atoms with Gasteiger partial charge in [-0.15, -0.1) is 0 Å². The number of urea groups is 1. The Kier molecular flexibility index (Phi) is 6.48. The van der Waals surface area contributed by atoms with Crippen molar-refractivity contribution in [2.75, 3.05) is 26.1 Å². The average molecular weight is 282 g/mol. The van der Waals surface area contributed by atoms with E-state index in [1.807, 2.05) is 12.1 Å². The van der Waals surface area contributed by atoms with Gasteiger partial charge in [-0.25, -0.2) is 9.59 Å². The van der Waals surface area contributed by atoms with Crippen molar-refractivity contribution in [3.63, 3.8) is 0 Å². The van der Waals surface area contributed by atoms with Crippen molar-refractivity contribution in [2.24, 2.45) is 0 Å². The minimum atomic E-state index is -1.13. The van der Waals surface area contributed by atoms with Crippen LogP contribution in [0.2, 0.25) is 0 Å². The zero-order valence-corrected chi connectivity index (χ0v) is 11.4. The van der Waals surface area contributed by atoms with E-state index in [0.717, 1.165) is 5.56 Å². The highest BCUT2D eigenvalue weighted by atomic mass is 16.5. The lowest BCUT2D eigenvalue weighted by Gasteiger charge is -2.14. The maximum Gasteiger partial charge on any atom is 0.334 e. The third-order valence-corrected chi connectivity index (χ3v) is 2.57. The van der Waals surface area contributed by atoms with Crippen LogP contribution < -0.4 is 10.6 Å². The van der Waals surface area contributed by atoms with E-state index in [-0.39, 0.29) is 6.54 Å². The summed E-state index contributed by atoms with van der Waals surface area (Å²) >= 11 is 0. The summed E-state index contributed by atoms with van der Waals surface area (Å²) in [6.45, 7) is 0.246. The van der Waals surface area contributed by atoms with Crippen LogP contribution in [0.5, 0.6) is 0 Å². The second-order valence-electron chi connectivity index (χ2n) is 3.99. The standard InChI is InChI=1S/C13H18N2O5/c1-19-8-9-5-3-4-6-10(9)15-13(18)14-7-11(20-2)12(16)17/h3-6,11H,7-8H2,1-2H3,(H,16,17)(H2,14,15,18). The topological polar surface area (TPSA) is 96.9 Å². The van der Waals surface area contributed by atoms with Crippen molar-refractivity contribution in [3.8, 4) is 0 Å². The largest absolute Gasteiger partial charge is 0.479 e. The molecular weight excluding hydrogens is 264 g/mol. The fourth-order valence-corrected chi connectivity index (χ4v) is 1.55. The highest BCUT2D eigenvalue weighted by molar-refractivity contribution is 5.90. The Bertz CT molecular complexity index is 464. The molecule has 7 nitrogen and oxygen atoms in total. The molecule has 0 bridgehead atoms. The number of para-hydroxylation sites is 1. The van der Waals surface area contributed by atoms with Gasteiger partial charge in [-0.1, -0.05) is 18.2 Å². The molecule has 0 aliphatic carbocycles. The van der Waals surface area contributed by atoms with Gasteiger partial charge in [-0.3, -0.25) is 0 Å². The number of nitrogens with one attached hydrogen (secondary N) is 2. The molecule has 1 atom stereocenters. The number of hydrogen-bond acceptors (Lipinski definition) is 4. The maximum absolute atomic E-state index is 11.7. The van der Waals surface area contributed by atoms with Crippen LogP contribution in [0.25, 0.3) is 0 Å². The number of anilines is 1. The molecule has 110 valence electrons. The normalized spacial score (nSPS) is 11.7. The third kappa shape index (κ3) is 4.87. The van der Waals surface area contributed by atoms with Crippen LogP contribution in [-0.2, 0) is 20.9 Å². The first-order chi connectivity index (χ1) is 9.58. The van der Waals surface area contributed by atoms with E-state index in [2.05, 4.69) is 10.6 Å². The molecule has 1 rings (SSSR count). The van der Waals surface area contributed by atoms with Crippen molar-refractivity contribution >= 4 is 17.7 Å². The molecule has 0 aromatic heterocycles. The van der Waals surface area contributed by atoms with Crippen LogP contribution in [0, 0.1) is 0 Å². The molecule has 0 saturated carbocycles. The number of hydrogen-bond donors (Lipinski definition) is 3. The summed E-state index contributed by atoms with van der Waals surface area (Å²) in [6, 6.07) is 6.68. The Labute approximate surface area is 116 Å². The fraction of sp³-hybridized carbons (Fsp3) is 0.385. The molecular formula is C13H18N2O5. The Balaban J connectivity index is 2.56. The Hall–Kier alpha value is -2.12. The highest BCUT2D eigenvalue weighted by Crippen LogP contribution is 2.15. The van der Waals surface area contributed by atoms with Crippen LogP contribution in [0.1, 0.15) is 5.56 Å². The van der Waals surface area contributed by atoms with E-state index >= 15 is 0 Å². The van der Waals surface area contributed by atoms with E-state index in [0.29, 0.717) is 12.3 Å². The number of carbonyl (C=O) groups excluding carboxylic acids is 1. The minimum absolute atomic E-state index is 0.121. The quantitative estimate of drug-likeness (QED) is 0.694. The summed E-state index contributed by atoms with van der Waals surface area (Å²) in [5, 5.41) is 13.8. The summed E-state index contributed by atoms with van der Waals surface area (Å²) in [6.07, 6.45) is -1.07. The van der Waals surface area contributed by atoms with Gasteiger partial charge >= 0.3 is 12.0 Å². The maximum atomic E-state index is 11.7. The summed E-state index contributed by atoms with van der Waals surface area (Å²) in [7, 11) is 2.83. The summed E-state index contributed by atoms with van der Waals surface area (Å²) in [5.41, 5.74) is 1.43. The molecule has 7 heteroatoms. The molecule has 0 spiro atoms. The van der Waals surface area contributed by atoms with E-state index in [9.17, 15) is 9.59 Å². The number of methoxy groups -OCH3 is 2. The van der Waals surface area contributed by atoms with Crippen LogP contribution in [0.4, 0.5) is 10.5 Å². The molecule has 1 aromatic rings. The predicted molar refractivity (Wildman–Crippen MR) is 72.6 cm³/mol. The molecule has 0 aliphatic rings. The van der Waals surface area contributed by atoms with Gasteiger partial charge in [0.05, 0.1) is 13.2 Å². The van der Waals surface area contributed by atoms with Crippen molar-refractivity contribution in [1.82, 2.24) is 5.32 Å². The average Bonchev–Trinajstić information content (AvgIpc) is 2.41. The SMILES string of the molecule is COCc1ccccc1NC(=O)NCC(OC)C(=O)O. The van der Waals surface area contributed by atoms with Crippen molar-refractivity contribution in [2.45, 2.75) is 12.7 Å². The van der Waals surface area contributed by atoms with Crippen molar-refractivity contribution in [3.05, 3.63) is 29.8 Å². The first kappa shape index (κ1) is 15.9. The lowest BCUT2D eigenvalue weighted by molar-refractivity contribution is -0.147. The van der Waals surface area contributed by atoms with Crippen LogP contribution >= 0.6 is 0 Å². The molecule has 0 saturated heterocycles. The van der Waals surface area contributed by atoms with Gasteiger partial charge in [0.25, 0.3) is 0 Å². The van der Waals surface area contributed by atoms with Gasteiger partial charge in [0, 0.05) is 25.5 Å². The van der Waals surface area contributed by atoms with E-state index < -0.39 is 18.1 Å². The van der Waals surface area contributed by atoms with Gasteiger partial charge in [0.1, 0.15) is 0 Å². The molecule has 0 aliphatic heterocycles. The molecule has 0 fully saturated rings. The van der Waals surface area contributed by atoms with E-state index in [1.165, 1.54) is 7.11 Å². The lowest BCUT2D eigenvalue weighted by Crippen LogP contribution is -2.39. The highest BCUT2D eigenvalue weighted by Gasteiger charge is 2.17. The Morgan fingerprint density at radius 3 is 2.60 bits per heavy atom. The second kappa shape index (κ2) is 8.13. The monoisotopic (exact) mass is 282 g/mol. The lowest BCUT2D eigenvalue weighted by atomic mass is 10.2. The van der Waals surface area contributed by atoms with Gasteiger partial charge in [0.2, 0.25) is 0 Å². The smallest absolute Gasteiger partial charge is 0.334 e. The molecule has 1 aromatic carbocycles. The number of carboxylic acid groups (broad SMARTS) is 1. The number of carboxylic acids is 1. The molecule has 1 unspecified atom stereocenters. The number of amides is 2. The second-order valence-corrected chi connectivity index (χ2v) is 3.99. The first-order valence-electron chi connectivity index (χ1n) is 5.95. The van der Waals surface area contributed by atoms with Crippen LogP contribution in [0.15, 0.2) is 24.3 Å². The van der Waals surface area contributed by atoms with Gasteiger partial charge in [-0.05, 0) is 6.07 Å². The van der Waals surface area contributed by atoms with Gasteiger partial charge < -0.3 is 25.2 Å². The summed E-state index contributed by atoms with van der Waals surface area (Å²) in [4.78, 5) is 22.4. The van der Waals surface area contributed by atoms with Gasteiger partial charge in [0.15, 0.2) is 6.10 Å². The Morgan fingerprint density at radius 1 is 1.30 bits per heavy atom. The molecule has 0 radical (unpaired) electrons.